The van der Waals surface area contributed by atoms with E-state index in [2.05, 4.69) is 50.6 Å². The first-order valence-electron chi connectivity index (χ1n) is 10.4. The smallest absolute Gasteiger partial charge is 0.214 e. The molecular formula is C23H24FN5S. The van der Waals surface area contributed by atoms with Gasteiger partial charge in [-0.3, -0.25) is 0 Å². The molecule has 0 radical (unpaired) electrons. The minimum Gasteiger partial charge on any atom is -0.357 e. The SMILES string of the molecule is Fc1ccc(-c2cn3nc(NC4CCN(CCc5ccccc5)CC4)sc3n2)cc1. The van der Waals surface area contributed by atoms with Gasteiger partial charge in [-0.25, -0.2) is 13.9 Å². The Morgan fingerprint density at radius 2 is 1.80 bits per heavy atom. The third kappa shape index (κ3) is 4.37. The van der Waals surface area contributed by atoms with Crippen molar-refractivity contribution in [3.63, 3.8) is 0 Å². The number of aromatic nitrogens is 3. The molecule has 0 aliphatic carbocycles. The van der Waals surface area contributed by atoms with E-state index >= 15 is 0 Å². The molecule has 1 saturated heterocycles. The molecule has 2 aromatic heterocycles. The van der Waals surface area contributed by atoms with E-state index in [1.807, 2.05) is 6.20 Å². The van der Waals surface area contributed by atoms with Crippen LogP contribution in [0.25, 0.3) is 16.2 Å². The van der Waals surface area contributed by atoms with Crippen LogP contribution >= 0.6 is 11.3 Å². The Balaban J connectivity index is 1.15. The molecule has 7 heteroatoms. The first kappa shape index (κ1) is 19.2. The van der Waals surface area contributed by atoms with Crippen LogP contribution in [-0.4, -0.2) is 45.2 Å². The lowest BCUT2D eigenvalue weighted by Gasteiger charge is -2.32. The summed E-state index contributed by atoms with van der Waals surface area (Å²) in [6.45, 7) is 3.34. The quantitative estimate of drug-likeness (QED) is 0.490. The van der Waals surface area contributed by atoms with Gasteiger partial charge in [0.1, 0.15) is 5.82 Å². The summed E-state index contributed by atoms with van der Waals surface area (Å²) in [5.74, 6) is -0.240. The Bertz CT molecular complexity index is 1070. The van der Waals surface area contributed by atoms with Crippen molar-refractivity contribution >= 4 is 21.4 Å². The Morgan fingerprint density at radius 1 is 1.03 bits per heavy atom. The molecule has 1 aliphatic heterocycles. The summed E-state index contributed by atoms with van der Waals surface area (Å²) in [4.78, 5) is 8.03. The molecule has 0 amide bonds. The number of halogens is 1. The highest BCUT2D eigenvalue weighted by molar-refractivity contribution is 7.20. The number of nitrogens with zero attached hydrogens (tertiary/aromatic N) is 4. The van der Waals surface area contributed by atoms with Gasteiger partial charge in [0, 0.05) is 31.2 Å². The lowest BCUT2D eigenvalue weighted by molar-refractivity contribution is 0.221. The molecule has 1 fully saturated rings. The summed E-state index contributed by atoms with van der Waals surface area (Å²) in [7, 11) is 0. The molecule has 5 nitrogen and oxygen atoms in total. The van der Waals surface area contributed by atoms with Crippen molar-refractivity contribution in [2.24, 2.45) is 0 Å². The number of likely N-dealkylation sites (tertiary alicyclic amines) is 1. The Morgan fingerprint density at radius 3 is 2.53 bits per heavy atom. The van der Waals surface area contributed by atoms with E-state index in [0.29, 0.717) is 6.04 Å². The highest BCUT2D eigenvalue weighted by Gasteiger charge is 2.20. The van der Waals surface area contributed by atoms with Gasteiger partial charge in [0.15, 0.2) is 0 Å². The van der Waals surface area contributed by atoms with Crippen LogP contribution in [-0.2, 0) is 6.42 Å². The van der Waals surface area contributed by atoms with Crippen LogP contribution in [0.4, 0.5) is 9.52 Å². The number of benzene rings is 2. The fraction of sp³-hybridized carbons (Fsp3) is 0.304. The zero-order chi connectivity index (χ0) is 20.3. The van der Waals surface area contributed by atoms with Gasteiger partial charge in [0.05, 0.1) is 11.9 Å². The zero-order valence-electron chi connectivity index (χ0n) is 16.7. The average molecular weight is 422 g/mol. The van der Waals surface area contributed by atoms with E-state index in [-0.39, 0.29) is 5.82 Å². The van der Waals surface area contributed by atoms with Crippen molar-refractivity contribution in [3.05, 3.63) is 72.2 Å². The lowest BCUT2D eigenvalue weighted by atomic mass is 10.0. The number of anilines is 1. The molecule has 0 bridgehead atoms. The molecule has 30 heavy (non-hydrogen) atoms. The van der Waals surface area contributed by atoms with Gasteiger partial charge < -0.3 is 10.2 Å². The fourth-order valence-electron chi connectivity index (χ4n) is 3.93. The second kappa shape index (κ2) is 8.53. The van der Waals surface area contributed by atoms with Crippen LogP contribution in [0.5, 0.6) is 0 Å². The summed E-state index contributed by atoms with van der Waals surface area (Å²) in [6, 6.07) is 17.5. The number of hydrogen-bond acceptors (Lipinski definition) is 5. The van der Waals surface area contributed by atoms with Crippen molar-refractivity contribution in [1.29, 1.82) is 0 Å². The van der Waals surface area contributed by atoms with E-state index in [0.717, 1.165) is 60.2 Å². The predicted octanol–water partition coefficient (Wildman–Crippen LogP) is 4.72. The van der Waals surface area contributed by atoms with Gasteiger partial charge in [-0.2, -0.15) is 0 Å². The Hall–Kier alpha value is -2.77. The summed E-state index contributed by atoms with van der Waals surface area (Å²) < 4.78 is 14.9. The van der Waals surface area contributed by atoms with Crippen LogP contribution < -0.4 is 5.32 Å². The minimum absolute atomic E-state index is 0.240. The summed E-state index contributed by atoms with van der Waals surface area (Å²) in [5, 5.41) is 9.14. The van der Waals surface area contributed by atoms with E-state index in [1.165, 1.54) is 17.7 Å². The molecule has 2 aromatic carbocycles. The van der Waals surface area contributed by atoms with Gasteiger partial charge in [-0.05, 0) is 49.1 Å². The standard InChI is InChI=1S/C23H24FN5S/c24-19-8-6-18(7-9-19)21-16-29-23(26-21)30-22(27-29)25-20-11-14-28(15-12-20)13-10-17-4-2-1-3-5-17/h1-9,16,20H,10-15H2,(H,25,27). The molecule has 1 aliphatic rings. The average Bonchev–Trinajstić information content (AvgIpc) is 3.33. The summed E-state index contributed by atoms with van der Waals surface area (Å²) in [5.41, 5.74) is 3.11. The van der Waals surface area contributed by atoms with Crippen LogP contribution in [0, 0.1) is 5.82 Å². The first-order valence-corrected chi connectivity index (χ1v) is 11.2. The third-order valence-corrected chi connectivity index (χ3v) is 6.51. The lowest BCUT2D eigenvalue weighted by Crippen LogP contribution is -2.40. The molecule has 5 rings (SSSR count). The molecule has 0 atom stereocenters. The van der Waals surface area contributed by atoms with Gasteiger partial charge in [0.25, 0.3) is 0 Å². The molecule has 1 N–H and O–H groups in total. The monoisotopic (exact) mass is 421 g/mol. The molecule has 154 valence electrons. The van der Waals surface area contributed by atoms with Crippen LogP contribution in [0.15, 0.2) is 60.8 Å². The number of imidazole rings is 1. The van der Waals surface area contributed by atoms with Crippen molar-refractivity contribution in [3.8, 4) is 11.3 Å². The Kier molecular flexibility index (Phi) is 5.46. The van der Waals surface area contributed by atoms with Gasteiger partial charge in [-0.1, -0.05) is 41.7 Å². The maximum absolute atomic E-state index is 13.1. The third-order valence-electron chi connectivity index (χ3n) is 5.66. The molecule has 3 heterocycles. The maximum atomic E-state index is 13.1. The topological polar surface area (TPSA) is 45.5 Å². The zero-order valence-corrected chi connectivity index (χ0v) is 17.5. The molecular weight excluding hydrogens is 397 g/mol. The first-order chi connectivity index (χ1) is 14.7. The summed E-state index contributed by atoms with van der Waals surface area (Å²) in [6.07, 6.45) is 5.25. The number of piperidine rings is 1. The minimum atomic E-state index is -0.240. The van der Waals surface area contributed by atoms with E-state index in [4.69, 9.17) is 0 Å². The summed E-state index contributed by atoms with van der Waals surface area (Å²) >= 11 is 1.56. The van der Waals surface area contributed by atoms with Crippen molar-refractivity contribution < 1.29 is 4.39 Å². The molecule has 0 unspecified atom stereocenters. The molecule has 0 saturated carbocycles. The number of rotatable bonds is 6. The number of fused-ring (bicyclic) bond motifs is 1. The Labute approximate surface area is 179 Å². The predicted molar refractivity (Wildman–Crippen MR) is 119 cm³/mol. The van der Waals surface area contributed by atoms with Gasteiger partial charge in [0.2, 0.25) is 10.1 Å². The van der Waals surface area contributed by atoms with Crippen molar-refractivity contribution in [2.45, 2.75) is 25.3 Å². The van der Waals surface area contributed by atoms with Crippen molar-refractivity contribution in [1.82, 2.24) is 19.5 Å². The molecule has 0 spiro atoms. The number of hydrogen-bond donors (Lipinski definition) is 1. The van der Waals surface area contributed by atoms with Gasteiger partial charge >= 0.3 is 0 Å². The largest absolute Gasteiger partial charge is 0.357 e. The normalized spacial score (nSPS) is 15.6. The van der Waals surface area contributed by atoms with E-state index < -0.39 is 0 Å². The van der Waals surface area contributed by atoms with Crippen LogP contribution in [0.1, 0.15) is 18.4 Å². The van der Waals surface area contributed by atoms with E-state index in [9.17, 15) is 4.39 Å². The highest BCUT2D eigenvalue weighted by Crippen LogP contribution is 2.26. The van der Waals surface area contributed by atoms with Gasteiger partial charge in [-0.15, -0.1) is 5.10 Å². The fourth-order valence-corrected chi connectivity index (χ4v) is 4.78. The van der Waals surface area contributed by atoms with E-state index in [1.54, 1.807) is 28.0 Å². The maximum Gasteiger partial charge on any atom is 0.214 e. The van der Waals surface area contributed by atoms with Crippen molar-refractivity contribution in [2.75, 3.05) is 25.0 Å². The second-order valence-corrected chi connectivity index (χ2v) is 8.72. The van der Waals surface area contributed by atoms with Crippen LogP contribution in [0.3, 0.4) is 0 Å². The second-order valence-electron chi connectivity index (χ2n) is 7.76. The number of nitrogens with one attached hydrogen (secondary N) is 1. The molecule has 4 aromatic rings. The van der Waals surface area contributed by atoms with Crippen LogP contribution in [0.2, 0.25) is 0 Å². The highest BCUT2D eigenvalue weighted by atomic mass is 32.1.